The fourth-order valence-corrected chi connectivity index (χ4v) is 17.1. The van der Waals surface area contributed by atoms with E-state index in [0.717, 1.165) is 67.6 Å². The molecule has 6 fully saturated rings. The molecule has 2 aromatic carbocycles. The SMILES string of the molecule is O=C(CCc1cc2sc(CCC(=O)Oc3ccc4c5c3O[C@H]3C(=O)CC[C@@]6(O)[C@@H](C4)N(CC4CC4)CC[C@]536)cc2s1)Oc1ccc2c3c1O[C@H]1C(=O)CC[C@@]4(O)[C@@H](C2)N(CC2CC2)CC[C@]314. The Morgan fingerprint density at radius 3 is 1.52 bits per heavy atom. The highest BCUT2D eigenvalue weighted by molar-refractivity contribution is 7.27. The zero-order valence-electron chi connectivity index (χ0n) is 36.9. The Bertz CT molecular complexity index is 2600. The van der Waals surface area contributed by atoms with Crippen LogP contribution >= 0.6 is 22.7 Å². The highest BCUT2D eigenvalue weighted by Crippen LogP contribution is 2.67. The molecule has 66 heavy (non-hydrogen) atoms. The molecule has 344 valence electrons. The molecule has 14 heteroatoms. The van der Waals surface area contributed by atoms with Crippen molar-refractivity contribution in [2.45, 2.75) is 149 Å². The van der Waals surface area contributed by atoms with E-state index < -0.39 is 34.2 Å². The molecule has 2 spiro atoms. The summed E-state index contributed by atoms with van der Waals surface area (Å²) in [5.41, 5.74) is 0.160. The summed E-state index contributed by atoms with van der Waals surface area (Å²) in [6.07, 6.45) is 8.88. The van der Waals surface area contributed by atoms with Gasteiger partial charge in [-0.25, -0.2) is 0 Å². The number of carbonyl (C=O) groups is 4. The van der Waals surface area contributed by atoms with Crippen molar-refractivity contribution in [1.29, 1.82) is 0 Å². The van der Waals surface area contributed by atoms with Gasteiger partial charge in [-0.15, -0.1) is 22.7 Å². The highest BCUT2D eigenvalue weighted by Gasteiger charge is 2.75. The number of aryl methyl sites for hydroxylation is 2. The molecule has 4 saturated carbocycles. The fourth-order valence-electron chi connectivity index (χ4n) is 14.6. The summed E-state index contributed by atoms with van der Waals surface area (Å²) in [7, 11) is 0. The third-order valence-corrected chi connectivity index (χ3v) is 20.4. The zero-order valence-corrected chi connectivity index (χ0v) is 38.6. The third-order valence-electron chi connectivity index (χ3n) is 18.0. The first kappa shape index (κ1) is 40.8. The standard InChI is InChI=1S/C52H54N2O10S2/c55-33-13-15-51(59)39-21-29-5-9-35(45-43(29)49(51,47(33)63-45)17-19-53(39)25-27-1-2-27)61-41(57)11-7-31-23-37-38(65-31)24-32(66-37)8-12-42(58)62-36-10-6-30-22-40-52(60)16-14-34(56)48-50(52,44(30)46(36)64-48)18-20-54(40)26-28-3-4-28/h5-6,9-10,23-24,27-28,39-40,47-48,59-60H,1-4,7-8,11-22,25-26H2/t39-,40-,47+,48+,49+,50+,51-,52-/m1/s1. The van der Waals surface area contributed by atoms with Crippen LogP contribution in [0.3, 0.4) is 0 Å². The topological polar surface area (TPSA) is 152 Å². The summed E-state index contributed by atoms with van der Waals surface area (Å²) in [5.74, 6) is 2.24. The normalized spacial score (nSPS) is 34.5. The lowest BCUT2D eigenvalue weighted by molar-refractivity contribution is -0.188. The lowest BCUT2D eigenvalue weighted by Crippen LogP contribution is -2.76. The number of esters is 2. The Hall–Kier alpha value is -4.18. The van der Waals surface area contributed by atoms with Gasteiger partial charge in [-0.2, -0.15) is 0 Å². The Kier molecular flexibility index (Phi) is 8.79. The highest BCUT2D eigenvalue weighted by atomic mass is 32.1. The van der Waals surface area contributed by atoms with E-state index in [2.05, 4.69) is 21.9 Å². The zero-order chi connectivity index (χ0) is 44.5. The first-order valence-electron chi connectivity index (χ1n) is 24.5. The van der Waals surface area contributed by atoms with Crippen molar-refractivity contribution in [3.05, 3.63) is 68.4 Å². The van der Waals surface area contributed by atoms with Crippen molar-refractivity contribution >= 4 is 55.6 Å². The summed E-state index contributed by atoms with van der Waals surface area (Å²) in [6, 6.07) is 11.8. The number of benzene rings is 2. The Morgan fingerprint density at radius 2 is 1.09 bits per heavy atom. The van der Waals surface area contributed by atoms with Gasteiger partial charge in [-0.3, -0.25) is 29.0 Å². The summed E-state index contributed by atoms with van der Waals surface area (Å²) in [5, 5.41) is 25.2. The monoisotopic (exact) mass is 930 g/mol. The molecule has 6 aliphatic carbocycles. The van der Waals surface area contributed by atoms with Crippen LogP contribution in [0.25, 0.3) is 9.40 Å². The molecule has 2 aromatic heterocycles. The Morgan fingerprint density at radius 1 is 0.652 bits per heavy atom. The van der Waals surface area contributed by atoms with E-state index in [4.69, 9.17) is 18.9 Å². The van der Waals surface area contributed by atoms with Gasteiger partial charge < -0.3 is 29.2 Å². The van der Waals surface area contributed by atoms with Crippen LogP contribution in [0.1, 0.15) is 109 Å². The second-order valence-electron chi connectivity index (χ2n) is 21.5. The van der Waals surface area contributed by atoms with Crippen LogP contribution < -0.4 is 18.9 Å². The summed E-state index contributed by atoms with van der Waals surface area (Å²) in [4.78, 5) is 61.0. The number of hydrogen-bond donors (Lipinski definition) is 2. The minimum absolute atomic E-state index is 0.0172. The van der Waals surface area contributed by atoms with Crippen LogP contribution in [-0.4, -0.2) is 105 Å². The predicted octanol–water partition coefficient (Wildman–Crippen LogP) is 6.31. The summed E-state index contributed by atoms with van der Waals surface area (Å²) in [6.45, 7) is 3.62. The van der Waals surface area contributed by atoms with Crippen LogP contribution in [0.4, 0.5) is 0 Å². The second kappa shape index (κ2) is 14.2. The number of piperidine rings is 2. The number of likely N-dealkylation sites (tertiary alicyclic amines) is 2. The average molecular weight is 931 g/mol. The molecule has 6 heterocycles. The Balaban J connectivity index is 0.630. The van der Waals surface area contributed by atoms with Crippen LogP contribution in [0.2, 0.25) is 0 Å². The quantitative estimate of drug-likeness (QED) is 0.121. The van der Waals surface area contributed by atoms with Crippen molar-refractivity contribution in [1.82, 2.24) is 9.80 Å². The molecule has 8 atom stereocenters. The van der Waals surface area contributed by atoms with E-state index in [1.165, 1.54) is 25.7 Å². The van der Waals surface area contributed by atoms with Gasteiger partial charge in [0.15, 0.2) is 46.8 Å². The predicted molar refractivity (Wildman–Crippen MR) is 244 cm³/mol. The smallest absolute Gasteiger partial charge is 0.311 e. The molecule has 4 aliphatic heterocycles. The number of ketones is 2. The van der Waals surface area contributed by atoms with E-state index >= 15 is 0 Å². The van der Waals surface area contributed by atoms with Crippen LogP contribution in [-0.2, 0) is 55.7 Å². The summed E-state index contributed by atoms with van der Waals surface area (Å²) < 4.78 is 27.3. The largest absolute Gasteiger partial charge is 0.477 e. The van der Waals surface area contributed by atoms with Crippen LogP contribution in [0.15, 0.2) is 36.4 Å². The van der Waals surface area contributed by atoms with Gasteiger partial charge >= 0.3 is 11.9 Å². The van der Waals surface area contributed by atoms with E-state index in [1.54, 1.807) is 22.7 Å². The van der Waals surface area contributed by atoms with Gasteiger partial charge in [-0.1, -0.05) is 12.1 Å². The number of ether oxygens (including phenoxy) is 4. The molecule has 0 amide bonds. The lowest BCUT2D eigenvalue weighted by atomic mass is 9.49. The van der Waals surface area contributed by atoms with Crippen molar-refractivity contribution < 1.29 is 48.3 Å². The van der Waals surface area contributed by atoms with Gasteiger partial charge in [0.05, 0.1) is 34.9 Å². The number of thiophene rings is 2. The number of hydrogen-bond acceptors (Lipinski definition) is 14. The number of Topliss-reactive ketones (excluding diaryl/α,β-unsaturated/α-hetero) is 2. The van der Waals surface area contributed by atoms with E-state index in [-0.39, 0.29) is 61.3 Å². The number of carbonyl (C=O) groups excluding carboxylic acids is 4. The maximum Gasteiger partial charge on any atom is 0.311 e. The summed E-state index contributed by atoms with van der Waals surface area (Å²) >= 11 is 3.26. The molecule has 2 N–H and O–H groups in total. The molecule has 0 unspecified atom stereocenters. The minimum Gasteiger partial charge on any atom is -0.477 e. The molecule has 10 aliphatic rings. The van der Waals surface area contributed by atoms with Gasteiger partial charge in [0.25, 0.3) is 0 Å². The maximum absolute atomic E-state index is 13.5. The molecular formula is C52H54N2O10S2. The third kappa shape index (κ3) is 5.62. The molecule has 0 radical (unpaired) electrons. The Labute approximate surface area is 390 Å². The molecule has 4 bridgehead atoms. The average Bonchev–Trinajstić information content (AvgIpc) is 4.14. The van der Waals surface area contributed by atoms with Gasteiger partial charge in [-0.05, 0) is 137 Å². The molecule has 4 aromatic rings. The van der Waals surface area contributed by atoms with Crippen molar-refractivity contribution in [3.63, 3.8) is 0 Å². The number of rotatable bonds is 12. The number of fused-ring (bicyclic) bond motifs is 1. The van der Waals surface area contributed by atoms with Crippen molar-refractivity contribution in [2.75, 3.05) is 26.2 Å². The lowest BCUT2D eigenvalue weighted by Gasteiger charge is -2.62. The second-order valence-corrected chi connectivity index (χ2v) is 23.8. The van der Waals surface area contributed by atoms with Crippen molar-refractivity contribution in [3.8, 4) is 23.0 Å². The first-order chi connectivity index (χ1) is 32.0. The number of aliphatic hydroxyl groups is 2. The minimum atomic E-state index is -1.07. The van der Waals surface area contributed by atoms with E-state index in [1.807, 2.05) is 24.3 Å². The van der Waals surface area contributed by atoms with Crippen LogP contribution in [0.5, 0.6) is 23.0 Å². The van der Waals surface area contributed by atoms with Crippen LogP contribution in [0, 0.1) is 11.8 Å². The van der Waals surface area contributed by atoms with E-state index in [9.17, 15) is 29.4 Å². The van der Waals surface area contributed by atoms with Gasteiger partial charge in [0.2, 0.25) is 0 Å². The van der Waals surface area contributed by atoms with E-state index in [0.29, 0.717) is 86.2 Å². The molecule has 12 nitrogen and oxygen atoms in total. The molecule has 14 rings (SSSR count). The van der Waals surface area contributed by atoms with Gasteiger partial charge in [0.1, 0.15) is 0 Å². The first-order valence-corrected chi connectivity index (χ1v) is 26.2. The van der Waals surface area contributed by atoms with Gasteiger partial charge in [0, 0.05) is 68.3 Å². The molecular weight excluding hydrogens is 877 g/mol. The number of nitrogens with zero attached hydrogens (tertiary/aromatic N) is 2. The maximum atomic E-state index is 13.5. The fraction of sp³-hybridized carbons (Fsp3) is 0.577. The van der Waals surface area contributed by atoms with Crippen molar-refractivity contribution in [2.24, 2.45) is 11.8 Å². The molecule has 2 saturated heterocycles.